The van der Waals surface area contributed by atoms with E-state index in [2.05, 4.69) is 17.2 Å². The average Bonchev–Trinajstić information content (AvgIpc) is 2.83. The predicted molar refractivity (Wildman–Crippen MR) is 68.0 cm³/mol. The number of rotatable bonds is 2. The van der Waals surface area contributed by atoms with Gasteiger partial charge in [0, 0.05) is 11.5 Å². The van der Waals surface area contributed by atoms with Gasteiger partial charge in [-0.15, -0.1) is 0 Å². The van der Waals surface area contributed by atoms with Gasteiger partial charge in [-0.1, -0.05) is 6.92 Å². The summed E-state index contributed by atoms with van der Waals surface area (Å²) in [6, 6.07) is 4.52. The first kappa shape index (κ1) is 11.7. The Kier molecular flexibility index (Phi) is 2.82. The van der Waals surface area contributed by atoms with E-state index in [0.29, 0.717) is 5.58 Å². The minimum atomic E-state index is -0.277. The van der Waals surface area contributed by atoms with Gasteiger partial charge in [-0.25, -0.2) is 9.37 Å². The van der Waals surface area contributed by atoms with Crippen LogP contribution >= 0.6 is 0 Å². The highest BCUT2D eigenvalue weighted by Gasteiger charge is 2.36. The van der Waals surface area contributed by atoms with E-state index in [4.69, 9.17) is 4.42 Å². The molecular weight excluding hydrogens is 231 g/mol. The average molecular weight is 248 g/mol. The fourth-order valence-electron chi connectivity index (χ4n) is 2.75. The van der Waals surface area contributed by atoms with Gasteiger partial charge in [-0.05, 0) is 44.5 Å². The standard InChI is InChI=1S/C14H17FN2O/c1-2-14(5-7-16-8-6-14)13-17-11-4-3-10(15)9-12(11)18-13/h3-4,9,16H,2,5-8H2,1H3. The SMILES string of the molecule is CCC1(c2nc3ccc(F)cc3o2)CCNCC1. The highest BCUT2D eigenvalue weighted by Crippen LogP contribution is 2.37. The summed E-state index contributed by atoms with van der Waals surface area (Å²) >= 11 is 0. The molecule has 2 aromatic rings. The fourth-order valence-corrected chi connectivity index (χ4v) is 2.75. The molecule has 0 saturated carbocycles. The van der Waals surface area contributed by atoms with Gasteiger partial charge in [0.25, 0.3) is 0 Å². The summed E-state index contributed by atoms with van der Waals surface area (Å²) in [6.45, 7) is 4.14. The van der Waals surface area contributed by atoms with Gasteiger partial charge in [0.1, 0.15) is 11.3 Å². The van der Waals surface area contributed by atoms with Crippen molar-refractivity contribution in [1.29, 1.82) is 0 Å². The van der Waals surface area contributed by atoms with Crippen LogP contribution < -0.4 is 5.32 Å². The van der Waals surface area contributed by atoms with Crippen LogP contribution in [0.15, 0.2) is 22.6 Å². The Bertz CT molecular complexity index is 558. The lowest BCUT2D eigenvalue weighted by Crippen LogP contribution is -2.39. The fraction of sp³-hybridized carbons (Fsp3) is 0.500. The van der Waals surface area contributed by atoms with Crippen molar-refractivity contribution in [3.05, 3.63) is 29.9 Å². The summed E-state index contributed by atoms with van der Waals surface area (Å²) in [6.07, 6.45) is 3.06. The molecule has 1 aliphatic rings. The Morgan fingerprint density at radius 3 is 2.89 bits per heavy atom. The molecule has 1 saturated heterocycles. The Morgan fingerprint density at radius 2 is 2.17 bits per heavy atom. The number of hydrogen-bond acceptors (Lipinski definition) is 3. The minimum Gasteiger partial charge on any atom is -0.440 e. The van der Waals surface area contributed by atoms with Crippen LogP contribution in [0.5, 0.6) is 0 Å². The van der Waals surface area contributed by atoms with E-state index in [1.54, 1.807) is 6.07 Å². The third-order valence-electron chi connectivity index (χ3n) is 4.04. The first-order valence-corrected chi connectivity index (χ1v) is 6.51. The Hall–Kier alpha value is -1.42. The van der Waals surface area contributed by atoms with E-state index in [9.17, 15) is 4.39 Å². The van der Waals surface area contributed by atoms with Crippen LogP contribution in [0.2, 0.25) is 0 Å². The smallest absolute Gasteiger partial charge is 0.201 e. The molecule has 0 atom stereocenters. The number of aromatic nitrogens is 1. The number of nitrogens with one attached hydrogen (secondary N) is 1. The Balaban J connectivity index is 2.06. The first-order valence-electron chi connectivity index (χ1n) is 6.51. The lowest BCUT2D eigenvalue weighted by atomic mass is 9.76. The summed E-state index contributed by atoms with van der Waals surface area (Å²) in [5.41, 5.74) is 1.31. The van der Waals surface area contributed by atoms with Crippen molar-refractivity contribution < 1.29 is 8.81 Å². The van der Waals surface area contributed by atoms with Gasteiger partial charge in [-0.2, -0.15) is 0 Å². The van der Waals surface area contributed by atoms with Crippen molar-refractivity contribution in [2.75, 3.05) is 13.1 Å². The number of hydrogen-bond donors (Lipinski definition) is 1. The minimum absolute atomic E-state index is 0.0146. The summed E-state index contributed by atoms with van der Waals surface area (Å²) in [5, 5.41) is 3.36. The quantitative estimate of drug-likeness (QED) is 0.887. The van der Waals surface area contributed by atoms with Crippen LogP contribution in [0.1, 0.15) is 32.1 Å². The normalized spacial score (nSPS) is 19.2. The zero-order valence-corrected chi connectivity index (χ0v) is 10.5. The van der Waals surface area contributed by atoms with Crippen LogP contribution in [0.4, 0.5) is 4.39 Å². The summed E-state index contributed by atoms with van der Waals surface area (Å²) in [7, 11) is 0. The van der Waals surface area contributed by atoms with Gasteiger partial charge < -0.3 is 9.73 Å². The first-order chi connectivity index (χ1) is 8.73. The second-order valence-electron chi connectivity index (χ2n) is 5.01. The molecule has 18 heavy (non-hydrogen) atoms. The van der Waals surface area contributed by atoms with Gasteiger partial charge >= 0.3 is 0 Å². The number of fused-ring (bicyclic) bond motifs is 1. The van der Waals surface area contributed by atoms with E-state index < -0.39 is 0 Å². The second-order valence-corrected chi connectivity index (χ2v) is 5.01. The molecule has 0 aliphatic carbocycles. The number of piperidine rings is 1. The van der Waals surface area contributed by atoms with Crippen LogP contribution in [0.25, 0.3) is 11.1 Å². The molecule has 1 fully saturated rings. The monoisotopic (exact) mass is 248 g/mol. The predicted octanol–water partition coefficient (Wildman–Crippen LogP) is 3.00. The summed E-state index contributed by atoms with van der Waals surface area (Å²) in [5.74, 6) is 0.494. The van der Waals surface area contributed by atoms with E-state index >= 15 is 0 Å². The molecule has 1 N–H and O–H groups in total. The van der Waals surface area contributed by atoms with Crippen LogP contribution in [0.3, 0.4) is 0 Å². The van der Waals surface area contributed by atoms with Crippen LogP contribution in [0, 0.1) is 5.82 Å². The van der Waals surface area contributed by atoms with Crippen molar-refractivity contribution in [2.45, 2.75) is 31.6 Å². The maximum atomic E-state index is 13.2. The highest BCUT2D eigenvalue weighted by molar-refractivity contribution is 5.72. The summed E-state index contributed by atoms with van der Waals surface area (Å²) in [4.78, 5) is 4.56. The molecule has 1 aromatic heterocycles. The molecule has 1 aromatic carbocycles. The lowest BCUT2D eigenvalue weighted by Gasteiger charge is -2.33. The molecule has 2 heterocycles. The van der Waals surface area contributed by atoms with Gasteiger partial charge in [0.2, 0.25) is 5.89 Å². The van der Waals surface area contributed by atoms with Crippen LogP contribution in [-0.2, 0) is 5.41 Å². The molecule has 0 unspecified atom stereocenters. The number of oxazole rings is 1. The number of nitrogens with zero attached hydrogens (tertiary/aromatic N) is 1. The van der Waals surface area contributed by atoms with Crippen molar-refractivity contribution >= 4 is 11.1 Å². The molecule has 96 valence electrons. The highest BCUT2D eigenvalue weighted by atomic mass is 19.1. The van der Waals surface area contributed by atoms with E-state index in [1.165, 1.54) is 12.1 Å². The lowest BCUT2D eigenvalue weighted by molar-refractivity contribution is 0.243. The molecule has 0 bridgehead atoms. The van der Waals surface area contributed by atoms with Crippen LogP contribution in [-0.4, -0.2) is 18.1 Å². The largest absolute Gasteiger partial charge is 0.440 e. The second kappa shape index (κ2) is 4.35. The van der Waals surface area contributed by atoms with E-state index in [1.807, 2.05) is 0 Å². The molecule has 0 radical (unpaired) electrons. The molecule has 3 nitrogen and oxygen atoms in total. The molecule has 0 spiro atoms. The maximum absolute atomic E-state index is 13.2. The topological polar surface area (TPSA) is 38.1 Å². The van der Waals surface area contributed by atoms with E-state index in [0.717, 1.165) is 43.8 Å². The van der Waals surface area contributed by atoms with Gasteiger partial charge in [0.15, 0.2) is 5.58 Å². The molecular formula is C14H17FN2O. The molecule has 3 rings (SSSR count). The number of benzene rings is 1. The Morgan fingerprint density at radius 1 is 1.39 bits per heavy atom. The zero-order valence-electron chi connectivity index (χ0n) is 10.5. The molecule has 1 aliphatic heterocycles. The van der Waals surface area contributed by atoms with E-state index in [-0.39, 0.29) is 11.2 Å². The Labute approximate surface area is 105 Å². The van der Waals surface area contributed by atoms with Gasteiger partial charge in [-0.3, -0.25) is 0 Å². The zero-order chi connectivity index (χ0) is 12.6. The third-order valence-corrected chi connectivity index (χ3v) is 4.04. The molecule has 0 amide bonds. The van der Waals surface area contributed by atoms with Crippen molar-refractivity contribution in [3.63, 3.8) is 0 Å². The maximum Gasteiger partial charge on any atom is 0.201 e. The van der Waals surface area contributed by atoms with Crippen molar-refractivity contribution in [3.8, 4) is 0 Å². The number of halogens is 1. The molecule has 4 heteroatoms. The summed E-state index contributed by atoms with van der Waals surface area (Å²) < 4.78 is 19.0. The third kappa shape index (κ3) is 1.81. The van der Waals surface area contributed by atoms with Gasteiger partial charge in [0.05, 0.1) is 0 Å². The van der Waals surface area contributed by atoms with Crippen molar-refractivity contribution in [1.82, 2.24) is 10.3 Å². The van der Waals surface area contributed by atoms with Crippen molar-refractivity contribution in [2.24, 2.45) is 0 Å².